The van der Waals surface area contributed by atoms with E-state index in [0.717, 1.165) is 21.2 Å². The summed E-state index contributed by atoms with van der Waals surface area (Å²) in [6.45, 7) is 7.58. The molecule has 0 radical (unpaired) electrons. The second kappa shape index (κ2) is 6.57. The highest BCUT2D eigenvalue weighted by molar-refractivity contribution is 7.09. The number of hydrogen-bond donors (Lipinski definition) is 1. The summed E-state index contributed by atoms with van der Waals surface area (Å²) in [5.41, 5.74) is 2.83. The van der Waals surface area contributed by atoms with Crippen LogP contribution < -0.4 is 10.1 Å². The van der Waals surface area contributed by atoms with Crippen molar-refractivity contribution >= 4 is 22.9 Å². The third-order valence-corrected chi connectivity index (χ3v) is 3.83. The lowest BCUT2D eigenvalue weighted by atomic mass is 10.1. The second-order valence-electron chi connectivity index (χ2n) is 5.58. The first-order valence-corrected chi connectivity index (χ1v) is 7.74. The topological polar surface area (TPSA) is 34.1 Å². The van der Waals surface area contributed by atoms with Crippen LogP contribution in [-0.4, -0.2) is 10.5 Å². The first-order chi connectivity index (χ1) is 9.46. The van der Waals surface area contributed by atoms with Gasteiger partial charge in [-0.2, -0.15) is 0 Å². The van der Waals surface area contributed by atoms with Crippen LogP contribution in [0.25, 0.3) is 0 Å². The van der Waals surface area contributed by atoms with Gasteiger partial charge in [0.15, 0.2) is 0 Å². The van der Waals surface area contributed by atoms with Crippen LogP contribution in [0.3, 0.4) is 0 Å². The average molecular weight is 311 g/mol. The van der Waals surface area contributed by atoms with Gasteiger partial charge < -0.3 is 10.1 Å². The maximum absolute atomic E-state index is 6.29. The molecule has 108 valence electrons. The summed E-state index contributed by atoms with van der Waals surface area (Å²) in [6, 6.07) is 5.75. The number of nitrogens with zero attached hydrogens (tertiary/aromatic N) is 1. The number of halogens is 1. The molecule has 1 heterocycles. The van der Waals surface area contributed by atoms with E-state index in [2.05, 4.69) is 31.1 Å². The number of rotatable bonds is 5. The molecule has 1 aromatic carbocycles. The Morgan fingerprint density at radius 1 is 1.35 bits per heavy atom. The fourth-order valence-electron chi connectivity index (χ4n) is 1.66. The van der Waals surface area contributed by atoms with Crippen LogP contribution in [0.5, 0.6) is 5.75 Å². The lowest BCUT2D eigenvalue weighted by Gasteiger charge is -2.22. The van der Waals surface area contributed by atoms with Crippen molar-refractivity contribution in [1.82, 2.24) is 10.3 Å². The zero-order chi connectivity index (χ0) is 14.6. The summed E-state index contributed by atoms with van der Waals surface area (Å²) in [7, 11) is 0. The van der Waals surface area contributed by atoms with Crippen LogP contribution in [0.4, 0.5) is 0 Å². The van der Waals surface area contributed by atoms with Gasteiger partial charge in [-0.25, -0.2) is 0 Å². The molecule has 0 aliphatic rings. The molecule has 0 saturated carbocycles. The number of benzene rings is 1. The van der Waals surface area contributed by atoms with Crippen LogP contribution in [-0.2, 0) is 13.2 Å². The van der Waals surface area contributed by atoms with E-state index in [-0.39, 0.29) is 5.54 Å². The van der Waals surface area contributed by atoms with Crippen molar-refractivity contribution in [3.05, 3.63) is 45.4 Å². The van der Waals surface area contributed by atoms with Gasteiger partial charge in [-0.15, -0.1) is 11.3 Å². The summed E-state index contributed by atoms with van der Waals surface area (Å²) < 4.78 is 5.87. The van der Waals surface area contributed by atoms with Gasteiger partial charge in [0.05, 0.1) is 10.4 Å². The van der Waals surface area contributed by atoms with E-state index in [4.69, 9.17) is 16.3 Å². The number of hydrogen-bond acceptors (Lipinski definition) is 4. The molecule has 1 N–H and O–H groups in total. The third kappa shape index (κ3) is 4.47. The van der Waals surface area contributed by atoms with E-state index in [9.17, 15) is 0 Å². The predicted octanol–water partition coefficient (Wildman–Crippen LogP) is 4.26. The van der Waals surface area contributed by atoms with E-state index in [0.29, 0.717) is 13.2 Å². The molecule has 0 saturated heterocycles. The standard InChI is InChI=1S/C15H19ClN2OS/c1-15(2,3)18-8-12-13(16)5-4-6-14(12)19-9-11-7-17-10-20-11/h4-7,10,18H,8-9H2,1-3H3. The van der Waals surface area contributed by atoms with Crippen molar-refractivity contribution in [2.45, 2.75) is 39.5 Å². The van der Waals surface area contributed by atoms with Gasteiger partial charge >= 0.3 is 0 Å². The normalized spacial score (nSPS) is 11.6. The Hall–Kier alpha value is -1.10. The van der Waals surface area contributed by atoms with Crippen LogP contribution in [0.15, 0.2) is 29.9 Å². The molecule has 0 amide bonds. The molecule has 0 unspecified atom stereocenters. The SMILES string of the molecule is CC(C)(C)NCc1c(Cl)cccc1OCc1cncs1. The molecule has 20 heavy (non-hydrogen) atoms. The molecule has 3 nitrogen and oxygen atoms in total. The quantitative estimate of drug-likeness (QED) is 0.896. The molecule has 2 rings (SSSR count). The largest absolute Gasteiger partial charge is 0.488 e. The minimum absolute atomic E-state index is 0.0358. The van der Waals surface area contributed by atoms with Crippen molar-refractivity contribution in [2.75, 3.05) is 0 Å². The molecular weight excluding hydrogens is 292 g/mol. The average Bonchev–Trinajstić information content (AvgIpc) is 2.87. The maximum Gasteiger partial charge on any atom is 0.125 e. The van der Waals surface area contributed by atoms with Gasteiger partial charge in [0.2, 0.25) is 0 Å². The van der Waals surface area contributed by atoms with Gasteiger partial charge in [0, 0.05) is 28.9 Å². The summed E-state index contributed by atoms with van der Waals surface area (Å²) >= 11 is 7.87. The third-order valence-electron chi connectivity index (χ3n) is 2.72. The summed E-state index contributed by atoms with van der Waals surface area (Å²) in [5.74, 6) is 0.822. The molecule has 0 bridgehead atoms. The van der Waals surface area contributed by atoms with Crippen molar-refractivity contribution in [3.8, 4) is 5.75 Å². The number of aromatic nitrogens is 1. The maximum atomic E-state index is 6.29. The summed E-state index contributed by atoms with van der Waals surface area (Å²) in [5, 5.41) is 4.16. The number of ether oxygens (including phenoxy) is 1. The van der Waals surface area contributed by atoms with Crippen molar-refractivity contribution < 1.29 is 4.74 Å². The predicted molar refractivity (Wildman–Crippen MR) is 84.5 cm³/mol. The molecule has 2 aromatic rings. The summed E-state index contributed by atoms with van der Waals surface area (Å²) in [4.78, 5) is 5.14. The molecular formula is C15H19ClN2OS. The van der Waals surface area contributed by atoms with E-state index < -0.39 is 0 Å². The zero-order valence-corrected chi connectivity index (χ0v) is 13.5. The monoisotopic (exact) mass is 310 g/mol. The fraction of sp³-hybridized carbons (Fsp3) is 0.400. The highest BCUT2D eigenvalue weighted by Gasteiger charge is 2.13. The van der Waals surface area contributed by atoms with Gasteiger partial charge in [-0.1, -0.05) is 17.7 Å². The van der Waals surface area contributed by atoms with E-state index >= 15 is 0 Å². The molecule has 0 aliphatic heterocycles. The minimum Gasteiger partial charge on any atom is -0.488 e. The van der Waals surface area contributed by atoms with Crippen LogP contribution in [0, 0.1) is 0 Å². The van der Waals surface area contributed by atoms with Crippen molar-refractivity contribution in [2.24, 2.45) is 0 Å². The Labute approximate surface area is 129 Å². The van der Waals surface area contributed by atoms with Crippen LogP contribution >= 0.6 is 22.9 Å². The zero-order valence-electron chi connectivity index (χ0n) is 11.9. The van der Waals surface area contributed by atoms with Gasteiger partial charge in [-0.05, 0) is 32.9 Å². The first kappa shape index (κ1) is 15.3. The Balaban J connectivity index is 2.09. The molecule has 0 spiro atoms. The molecule has 0 fully saturated rings. The van der Waals surface area contributed by atoms with Gasteiger partial charge in [-0.3, -0.25) is 4.98 Å². The minimum atomic E-state index is 0.0358. The Bertz CT molecular complexity index is 549. The highest BCUT2D eigenvalue weighted by atomic mass is 35.5. The molecule has 0 aliphatic carbocycles. The lowest BCUT2D eigenvalue weighted by Crippen LogP contribution is -2.35. The van der Waals surface area contributed by atoms with Crippen molar-refractivity contribution in [3.63, 3.8) is 0 Å². The van der Waals surface area contributed by atoms with Crippen molar-refractivity contribution in [1.29, 1.82) is 0 Å². The number of thiazole rings is 1. The highest BCUT2D eigenvalue weighted by Crippen LogP contribution is 2.27. The number of nitrogens with one attached hydrogen (secondary N) is 1. The van der Waals surface area contributed by atoms with E-state index in [1.807, 2.05) is 24.4 Å². The summed E-state index contributed by atoms with van der Waals surface area (Å²) in [6.07, 6.45) is 1.82. The fourth-order valence-corrected chi connectivity index (χ4v) is 2.40. The van der Waals surface area contributed by atoms with Gasteiger partial charge in [0.25, 0.3) is 0 Å². The first-order valence-electron chi connectivity index (χ1n) is 6.48. The van der Waals surface area contributed by atoms with Crippen LogP contribution in [0.1, 0.15) is 31.2 Å². The second-order valence-corrected chi connectivity index (χ2v) is 6.95. The van der Waals surface area contributed by atoms with Crippen LogP contribution in [0.2, 0.25) is 5.02 Å². The van der Waals surface area contributed by atoms with Gasteiger partial charge in [0.1, 0.15) is 12.4 Å². The lowest BCUT2D eigenvalue weighted by molar-refractivity contribution is 0.303. The Kier molecular flexibility index (Phi) is 5.02. The molecule has 5 heteroatoms. The Morgan fingerprint density at radius 2 is 2.15 bits per heavy atom. The smallest absolute Gasteiger partial charge is 0.125 e. The molecule has 0 atom stereocenters. The Morgan fingerprint density at radius 3 is 2.80 bits per heavy atom. The molecule has 1 aromatic heterocycles. The van der Waals surface area contributed by atoms with E-state index in [1.165, 1.54) is 0 Å². The van der Waals surface area contributed by atoms with E-state index in [1.54, 1.807) is 16.8 Å².